The van der Waals surface area contributed by atoms with Crippen LogP contribution in [0.1, 0.15) is 13.8 Å². The van der Waals surface area contributed by atoms with Gasteiger partial charge in [0.2, 0.25) is 0 Å². The van der Waals surface area contributed by atoms with Crippen LogP contribution in [-0.4, -0.2) is 29.6 Å². The quantitative estimate of drug-likeness (QED) is 0.684. The van der Waals surface area contributed by atoms with Gasteiger partial charge in [0.25, 0.3) is 0 Å². The number of allylic oxidation sites excluding steroid dienone is 2. The lowest BCUT2D eigenvalue weighted by Gasteiger charge is -2.27. The van der Waals surface area contributed by atoms with E-state index < -0.39 is 18.1 Å². The van der Waals surface area contributed by atoms with Gasteiger partial charge in [-0.05, 0) is 13.8 Å². The van der Waals surface area contributed by atoms with Gasteiger partial charge in [-0.3, -0.25) is 4.79 Å². The van der Waals surface area contributed by atoms with Gasteiger partial charge in [-0.1, -0.05) is 30.4 Å². The Labute approximate surface area is 99.1 Å². The number of carbonyl (C=O) groups excluding carboxylic acids is 1. The first-order valence-corrected chi connectivity index (χ1v) is 5.12. The van der Waals surface area contributed by atoms with Gasteiger partial charge in [-0.25, -0.2) is 0 Å². The van der Waals surface area contributed by atoms with Crippen LogP contribution in [0.15, 0.2) is 37.0 Å². The zero-order valence-electron chi connectivity index (χ0n) is 9.87. The normalized spacial score (nSPS) is 12.6. The molecule has 0 aliphatic rings. The maximum absolute atomic E-state index is 12.4. The molecule has 0 bridgehead atoms. The summed E-state index contributed by atoms with van der Waals surface area (Å²) in [5.74, 6) is -1.86. The molecule has 0 aromatic carbocycles. The smallest absolute Gasteiger partial charge is 0.321 e. The molecule has 0 radical (unpaired) electrons. The highest BCUT2D eigenvalue weighted by Gasteiger charge is 2.43. The van der Waals surface area contributed by atoms with Crippen molar-refractivity contribution >= 4 is 5.91 Å². The van der Waals surface area contributed by atoms with E-state index in [1.165, 1.54) is 18.2 Å². The number of rotatable bonds is 5. The number of amides is 1. The number of nitrogens with zero attached hydrogens (tertiary/aromatic N) is 1. The maximum atomic E-state index is 12.4. The minimum absolute atomic E-state index is 0.155. The summed E-state index contributed by atoms with van der Waals surface area (Å²) in [4.78, 5) is 11.9. The molecule has 2 nitrogen and oxygen atoms in total. The van der Waals surface area contributed by atoms with Crippen molar-refractivity contribution < 1.29 is 18.0 Å². The van der Waals surface area contributed by atoms with E-state index in [-0.39, 0.29) is 6.54 Å². The van der Waals surface area contributed by atoms with Gasteiger partial charge < -0.3 is 4.90 Å². The first-order valence-electron chi connectivity index (χ1n) is 5.12. The van der Waals surface area contributed by atoms with Gasteiger partial charge in [-0.15, -0.1) is 6.58 Å². The molecule has 0 rings (SSSR count). The van der Waals surface area contributed by atoms with Crippen LogP contribution < -0.4 is 0 Å². The molecule has 0 saturated carbocycles. The topological polar surface area (TPSA) is 20.3 Å². The van der Waals surface area contributed by atoms with Crippen LogP contribution in [0.2, 0.25) is 0 Å². The molecule has 96 valence electrons. The van der Waals surface area contributed by atoms with Crippen molar-refractivity contribution in [1.29, 1.82) is 0 Å². The molecule has 0 aliphatic heterocycles. The van der Waals surface area contributed by atoms with Gasteiger partial charge >= 0.3 is 12.1 Å². The average Bonchev–Trinajstić information content (AvgIpc) is 2.23. The highest BCUT2D eigenvalue weighted by Crippen LogP contribution is 2.20. The summed E-state index contributed by atoms with van der Waals surface area (Å²) in [5.41, 5.74) is 0. The molecule has 5 heteroatoms. The summed E-state index contributed by atoms with van der Waals surface area (Å²) in [7, 11) is 0. The fraction of sp³-hybridized carbons (Fsp3) is 0.417. The van der Waals surface area contributed by atoms with E-state index in [9.17, 15) is 18.0 Å². The van der Waals surface area contributed by atoms with Gasteiger partial charge in [0.05, 0.1) is 6.04 Å². The number of alkyl halides is 3. The highest BCUT2D eigenvalue weighted by atomic mass is 19.4. The van der Waals surface area contributed by atoms with Crippen molar-refractivity contribution in [2.75, 3.05) is 6.54 Å². The van der Waals surface area contributed by atoms with Crippen molar-refractivity contribution in [1.82, 2.24) is 4.90 Å². The number of halogens is 3. The van der Waals surface area contributed by atoms with Gasteiger partial charge in [0.15, 0.2) is 0 Å². The number of carbonyl (C=O) groups is 1. The third kappa shape index (κ3) is 4.89. The second kappa shape index (κ2) is 6.93. The molecule has 0 saturated heterocycles. The molecule has 0 unspecified atom stereocenters. The molecule has 0 atom stereocenters. The van der Waals surface area contributed by atoms with Crippen LogP contribution >= 0.6 is 0 Å². The summed E-state index contributed by atoms with van der Waals surface area (Å²) in [6.07, 6.45) is 2.64. The molecule has 0 aliphatic carbocycles. The SMILES string of the molecule is C=CCN(C(=O)C(F)(F)F)C(/C=C/C)/C=C/C. The minimum atomic E-state index is -4.87. The molecule has 1 amide bonds. The van der Waals surface area contributed by atoms with E-state index >= 15 is 0 Å². The molecule has 0 N–H and O–H groups in total. The fourth-order valence-corrected chi connectivity index (χ4v) is 1.31. The van der Waals surface area contributed by atoms with Crippen molar-refractivity contribution in [3.63, 3.8) is 0 Å². The molecule has 0 aromatic heterocycles. The highest BCUT2D eigenvalue weighted by molar-refractivity contribution is 5.82. The average molecular weight is 247 g/mol. The van der Waals surface area contributed by atoms with Gasteiger partial charge in [0.1, 0.15) is 0 Å². The molecule has 0 heterocycles. The maximum Gasteiger partial charge on any atom is 0.471 e. The Hall–Kier alpha value is -1.52. The summed E-state index contributed by atoms with van der Waals surface area (Å²) in [6, 6.07) is -0.711. The third-order valence-corrected chi connectivity index (χ3v) is 1.97. The van der Waals surface area contributed by atoms with Crippen molar-refractivity contribution in [2.24, 2.45) is 0 Å². The van der Waals surface area contributed by atoms with Crippen molar-refractivity contribution in [3.8, 4) is 0 Å². The van der Waals surface area contributed by atoms with Crippen LogP contribution in [0.25, 0.3) is 0 Å². The van der Waals surface area contributed by atoms with Crippen LogP contribution in [0.5, 0.6) is 0 Å². The second-order valence-electron chi connectivity index (χ2n) is 3.29. The Kier molecular flexibility index (Phi) is 6.31. The number of hydrogen-bond acceptors (Lipinski definition) is 1. The van der Waals surface area contributed by atoms with E-state index in [1.807, 2.05) is 0 Å². The fourth-order valence-electron chi connectivity index (χ4n) is 1.31. The summed E-state index contributed by atoms with van der Waals surface area (Å²) >= 11 is 0. The van der Waals surface area contributed by atoms with E-state index in [0.29, 0.717) is 4.90 Å². The predicted molar refractivity (Wildman–Crippen MR) is 61.4 cm³/mol. The Morgan fingerprint density at radius 2 is 1.76 bits per heavy atom. The minimum Gasteiger partial charge on any atom is -0.321 e. The summed E-state index contributed by atoms with van der Waals surface area (Å²) in [6.45, 7) is 6.57. The second-order valence-corrected chi connectivity index (χ2v) is 3.29. The first-order chi connectivity index (χ1) is 7.88. The lowest BCUT2D eigenvalue weighted by Crippen LogP contribution is -2.45. The van der Waals surface area contributed by atoms with Crippen LogP contribution in [0.4, 0.5) is 13.2 Å². The largest absolute Gasteiger partial charge is 0.471 e. The van der Waals surface area contributed by atoms with Crippen LogP contribution in [0, 0.1) is 0 Å². The van der Waals surface area contributed by atoms with E-state index in [1.54, 1.807) is 26.0 Å². The molecular formula is C12H16F3NO. The Morgan fingerprint density at radius 3 is 2.06 bits per heavy atom. The van der Waals surface area contributed by atoms with Crippen molar-refractivity contribution in [2.45, 2.75) is 26.1 Å². The monoisotopic (exact) mass is 247 g/mol. The lowest BCUT2D eigenvalue weighted by atomic mass is 10.2. The first kappa shape index (κ1) is 15.5. The Morgan fingerprint density at radius 1 is 1.29 bits per heavy atom. The van der Waals surface area contributed by atoms with E-state index in [4.69, 9.17) is 0 Å². The Bertz CT molecular complexity index is 306. The van der Waals surface area contributed by atoms with Crippen molar-refractivity contribution in [3.05, 3.63) is 37.0 Å². The lowest BCUT2D eigenvalue weighted by molar-refractivity contribution is -0.185. The van der Waals surface area contributed by atoms with Crippen LogP contribution in [-0.2, 0) is 4.79 Å². The molecule has 0 spiro atoms. The summed E-state index contributed by atoms with van der Waals surface area (Å²) in [5, 5.41) is 0. The summed E-state index contributed by atoms with van der Waals surface area (Å²) < 4.78 is 37.2. The predicted octanol–water partition coefficient (Wildman–Crippen LogP) is 3.08. The third-order valence-electron chi connectivity index (χ3n) is 1.97. The number of hydrogen-bond donors (Lipinski definition) is 0. The molecule has 0 aromatic rings. The molecule has 17 heavy (non-hydrogen) atoms. The van der Waals surface area contributed by atoms with E-state index in [2.05, 4.69) is 6.58 Å². The zero-order chi connectivity index (χ0) is 13.5. The van der Waals surface area contributed by atoms with E-state index in [0.717, 1.165) is 0 Å². The molecular weight excluding hydrogens is 231 g/mol. The van der Waals surface area contributed by atoms with Gasteiger partial charge in [-0.2, -0.15) is 13.2 Å². The standard InChI is InChI=1S/C12H16F3NO/c1-4-7-10(8-5-2)16(9-6-3)11(17)12(13,14)15/h4-8,10H,3,9H2,1-2H3/b7-4+,8-5+. The van der Waals surface area contributed by atoms with Crippen LogP contribution in [0.3, 0.4) is 0 Å². The molecule has 0 fully saturated rings. The van der Waals surface area contributed by atoms with Gasteiger partial charge in [0, 0.05) is 6.54 Å². The zero-order valence-corrected chi connectivity index (χ0v) is 9.87. The Balaban J connectivity index is 5.17.